The van der Waals surface area contributed by atoms with Crippen molar-refractivity contribution in [2.75, 3.05) is 27.3 Å². The van der Waals surface area contributed by atoms with E-state index in [1.807, 2.05) is 30.3 Å². The lowest BCUT2D eigenvalue weighted by Gasteiger charge is -2.15. The van der Waals surface area contributed by atoms with Crippen LogP contribution in [0.3, 0.4) is 0 Å². The molecule has 27 heavy (non-hydrogen) atoms. The molecular weight excluding hydrogens is 455 g/mol. The lowest BCUT2D eigenvalue weighted by molar-refractivity contribution is 0.0646. The lowest BCUT2D eigenvalue weighted by Crippen LogP contribution is -2.37. The quantitative estimate of drug-likeness (QED) is 0.247. The number of nitrogens with one attached hydrogen (secondary N) is 2. The number of pyridine rings is 1. The maximum absolute atomic E-state index is 5.88. The van der Waals surface area contributed by atoms with E-state index in [0.29, 0.717) is 19.0 Å². The first-order chi connectivity index (χ1) is 12.7. The molecule has 0 radical (unpaired) electrons. The van der Waals surface area contributed by atoms with E-state index in [4.69, 9.17) is 9.47 Å². The number of rotatable bonds is 9. The van der Waals surface area contributed by atoms with E-state index in [-0.39, 0.29) is 30.1 Å². The molecule has 148 valence electrons. The van der Waals surface area contributed by atoms with Crippen molar-refractivity contribution in [2.45, 2.75) is 26.0 Å². The van der Waals surface area contributed by atoms with Crippen LogP contribution in [-0.4, -0.2) is 38.3 Å². The number of guanidine groups is 1. The molecule has 0 amide bonds. The van der Waals surface area contributed by atoms with E-state index in [1.54, 1.807) is 20.4 Å². The van der Waals surface area contributed by atoms with Gasteiger partial charge in [0.15, 0.2) is 5.96 Å². The van der Waals surface area contributed by atoms with Crippen LogP contribution in [0.4, 0.5) is 0 Å². The van der Waals surface area contributed by atoms with E-state index < -0.39 is 0 Å². The molecule has 0 saturated heterocycles. The van der Waals surface area contributed by atoms with Gasteiger partial charge in [-0.3, -0.25) is 4.99 Å². The molecule has 1 unspecified atom stereocenters. The fourth-order valence-corrected chi connectivity index (χ4v) is 2.44. The average Bonchev–Trinajstić information content (AvgIpc) is 2.70. The van der Waals surface area contributed by atoms with Crippen molar-refractivity contribution in [2.24, 2.45) is 4.99 Å². The highest BCUT2D eigenvalue weighted by Crippen LogP contribution is 2.15. The maximum Gasteiger partial charge on any atom is 0.213 e. The minimum absolute atomic E-state index is 0. The molecule has 1 aromatic heterocycles. The van der Waals surface area contributed by atoms with Gasteiger partial charge in [-0.1, -0.05) is 30.3 Å². The largest absolute Gasteiger partial charge is 0.481 e. The molecule has 2 N–H and O–H groups in total. The van der Waals surface area contributed by atoms with E-state index in [9.17, 15) is 0 Å². The van der Waals surface area contributed by atoms with Gasteiger partial charge in [0, 0.05) is 39.0 Å². The second kappa shape index (κ2) is 13.3. The van der Waals surface area contributed by atoms with Crippen LogP contribution in [0.5, 0.6) is 5.88 Å². The number of benzene rings is 1. The van der Waals surface area contributed by atoms with Crippen LogP contribution in [0.15, 0.2) is 53.7 Å². The SMILES string of the molecule is CN=C(NCCCOC(C)c1ccccc1)NCc1ccnc(OC)c1.I. The van der Waals surface area contributed by atoms with Gasteiger partial charge in [0.05, 0.1) is 13.2 Å². The van der Waals surface area contributed by atoms with Crippen molar-refractivity contribution in [3.8, 4) is 5.88 Å². The van der Waals surface area contributed by atoms with Crippen LogP contribution in [0.2, 0.25) is 0 Å². The van der Waals surface area contributed by atoms with E-state index in [2.05, 4.69) is 39.7 Å². The summed E-state index contributed by atoms with van der Waals surface area (Å²) in [6, 6.07) is 14.1. The summed E-state index contributed by atoms with van der Waals surface area (Å²) in [5.74, 6) is 1.37. The molecule has 0 aliphatic heterocycles. The fourth-order valence-electron chi connectivity index (χ4n) is 2.44. The first-order valence-electron chi connectivity index (χ1n) is 8.83. The number of nitrogens with zero attached hydrogens (tertiary/aromatic N) is 2. The highest BCUT2D eigenvalue weighted by atomic mass is 127. The summed E-state index contributed by atoms with van der Waals surface area (Å²) in [4.78, 5) is 8.33. The lowest BCUT2D eigenvalue weighted by atomic mass is 10.1. The third-order valence-electron chi connectivity index (χ3n) is 3.94. The second-order valence-electron chi connectivity index (χ2n) is 5.84. The van der Waals surface area contributed by atoms with Gasteiger partial charge in [-0.15, -0.1) is 24.0 Å². The Kier molecular flexibility index (Phi) is 11.4. The summed E-state index contributed by atoms with van der Waals surface area (Å²) < 4.78 is 11.0. The van der Waals surface area contributed by atoms with Crippen LogP contribution >= 0.6 is 24.0 Å². The Morgan fingerprint density at radius 1 is 1.19 bits per heavy atom. The molecule has 7 heteroatoms. The maximum atomic E-state index is 5.88. The zero-order valence-electron chi connectivity index (χ0n) is 16.1. The highest BCUT2D eigenvalue weighted by Gasteiger charge is 2.04. The minimum Gasteiger partial charge on any atom is -0.481 e. The normalized spacial score (nSPS) is 12.0. The van der Waals surface area contributed by atoms with Gasteiger partial charge in [0.1, 0.15) is 0 Å². The van der Waals surface area contributed by atoms with Gasteiger partial charge in [0.25, 0.3) is 0 Å². The van der Waals surface area contributed by atoms with Crippen molar-refractivity contribution in [3.05, 3.63) is 59.8 Å². The molecular formula is C20H29IN4O2. The highest BCUT2D eigenvalue weighted by molar-refractivity contribution is 14.0. The molecule has 0 aliphatic rings. The summed E-state index contributed by atoms with van der Waals surface area (Å²) >= 11 is 0. The predicted octanol–water partition coefficient (Wildman–Crippen LogP) is 3.54. The Morgan fingerprint density at radius 3 is 2.67 bits per heavy atom. The van der Waals surface area contributed by atoms with Gasteiger partial charge in [-0.25, -0.2) is 4.98 Å². The number of halogens is 1. The summed E-state index contributed by atoms with van der Waals surface area (Å²) in [6.45, 7) is 4.22. The van der Waals surface area contributed by atoms with E-state index in [1.165, 1.54) is 5.56 Å². The molecule has 2 aromatic rings. The smallest absolute Gasteiger partial charge is 0.213 e. The molecule has 0 aliphatic carbocycles. The van der Waals surface area contributed by atoms with E-state index >= 15 is 0 Å². The molecule has 6 nitrogen and oxygen atoms in total. The van der Waals surface area contributed by atoms with Crippen molar-refractivity contribution in [3.63, 3.8) is 0 Å². The van der Waals surface area contributed by atoms with Crippen LogP contribution in [0, 0.1) is 0 Å². The Morgan fingerprint density at radius 2 is 1.96 bits per heavy atom. The Hall–Kier alpha value is -1.87. The third-order valence-corrected chi connectivity index (χ3v) is 3.94. The molecule has 0 spiro atoms. The average molecular weight is 484 g/mol. The summed E-state index contributed by atoms with van der Waals surface area (Å²) in [7, 11) is 3.37. The van der Waals surface area contributed by atoms with Crippen LogP contribution in [-0.2, 0) is 11.3 Å². The van der Waals surface area contributed by atoms with E-state index in [0.717, 1.165) is 24.5 Å². The molecule has 1 heterocycles. The summed E-state index contributed by atoms with van der Waals surface area (Å²) in [6.07, 6.45) is 2.74. The van der Waals surface area contributed by atoms with Crippen LogP contribution < -0.4 is 15.4 Å². The third kappa shape index (κ3) is 8.57. The minimum atomic E-state index is 0. The molecule has 1 atom stereocenters. The Labute approximate surface area is 178 Å². The van der Waals surface area contributed by atoms with Gasteiger partial charge >= 0.3 is 0 Å². The number of hydrogen-bond acceptors (Lipinski definition) is 4. The van der Waals surface area contributed by atoms with Gasteiger partial charge in [-0.05, 0) is 30.5 Å². The molecule has 2 rings (SSSR count). The van der Waals surface area contributed by atoms with Gasteiger partial charge in [0.2, 0.25) is 5.88 Å². The number of ether oxygens (including phenoxy) is 2. The van der Waals surface area contributed by atoms with Crippen molar-refractivity contribution < 1.29 is 9.47 Å². The van der Waals surface area contributed by atoms with Gasteiger partial charge < -0.3 is 20.1 Å². The standard InChI is InChI=1S/C20H28N4O2.HI/c1-16(18-8-5-4-6-9-18)26-13-7-11-23-20(21-2)24-15-17-10-12-22-19(14-17)25-3;/h4-6,8-10,12,14,16H,7,11,13,15H2,1-3H3,(H2,21,23,24);1H. The zero-order chi connectivity index (χ0) is 18.6. The van der Waals surface area contributed by atoms with Crippen LogP contribution in [0.25, 0.3) is 0 Å². The van der Waals surface area contributed by atoms with Gasteiger partial charge in [-0.2, -0.15) is 0 Å². The number of aromatic nitrogens is 1. The number of hydrogen-bond donors (Lipinski definition) is 2. The summed E-state index contributed by atoms with van der Waals surface area (Å²) in [5.41, 5.74) is 2.28. The molecule has 0 bridgehead atoms. The predicted molar refractivity (Wildman–Crippen MR) is 120 cm³/mol. The van der Waals surface area contributed by atoms with Crippen molar-refractivity contribution >= 4 is 29.9 Å². The summed E-state index contributed by atoms with van der Waals surface area (Å²) in [5, 5.41) is 6.57. The number of methoxy groups -OCH3 is 1. The number of aliphatic imine (C=N–C) groups is 1. The molecule has 0 fully saturated rings. The first kappa shape index (κ1) is 23.2. The van der Waals surface area contributed by atoms with Crippen LogP contribution in [0.1, 0.15) is 30.6 Å². The second-order valence-corrected chi connectivity index (χ2v) is 5.84. The Bertz CT molecular complexity index is 683. The molecule has 0 saturated carbocycles. The zero-order valence-corrected chi connectivity index (χ0v) is 18.5. The monoisotopic (exact) mass is 484 g/mol. The molecule has 1 aromatic carbocycles. The Balaban J connectivity index is 0.00000364. The fraction of sp³-hybridized carbons (Fsp3) is 0.400. The first-order valence-corrected chi connectivity index (χ1v) is 8.83. The van der Waals surface area contributed by atoms with Crippen molar-refractivity contribution in [1.82, 2.24) is 15.6 Å². The van der Waals surface area contributed by atoms with Crippen molar-refractivity contribution in [1.29, 1.82) is 0 Å². The topological polar surface area (TPSA) is 67.8 Å².